The summed E-state index contributed by atoms with van der Waals surface area (Å²) in [7, 11) is 1.82. The first-order chi connectivity index (χ1) is 14.2. The minimum atomic E-state index is 0.552. The van der Waals surface area contributed by atoms with Crippen molar-refractivity contribution in [2.45, 2.75) is 6.42 Å². The van der Waals surface area contributed by atoms with Crippen LogP contribution in [-0.2, 0) is 6.42 Å². The lowest BCUT2D eigenvalue weighted by Crippen LogP contribution is -2.52. The standard InChI is InChI=1S/C20H23ClN6OS/c1-22-20(27-11-9-26(10-12-27)18-6-3-13-29-18)23-8-7-17-24-19(25-28-17)15-4-2-5-16(21)14-15/h2-6,13-14H,7-12H2,1H3,(H,22,23). The van der Waals surface area contributed by atoms with Gasteiger partial charge in [-0.3, -0.25) is 4.99 Å². The maximum atomic E-state index is 6.03. The summed E-state index contributed by atoms with van der Waals surface area (Å²) >= 11 is 7.82. The van der Waals surface area contributed by atoms with Crippen LogP contribution in [0.15, 0.2) is 51.3 Å². The molecule has 2 aromatic heterocycles. The van der Waals surface area contributed by atoms with Crippen molar-refractivity contribution in [3.05, 3.63) is 52.7 Å². The summed E-state index contributed by atoms with van der Waals surface area (Å²) in [6, 6.07) is 11.7. The number of piperazine rings is 1. The van der Waals surface area contributed by atoms with Crippen LogP contribution in [0.4, 0.5) is 5.00 Å². The molecule has 152 valence electrons. The third-order valence-electron chi connectivity index (χ3n) is 4.78. The number of aromatic nitrogens is 2. The normalized spacial score (nSPS) is 15.0. The van der Waals surface area contributed by atoms with E-state index < -0.39 is 0 Å². The van der Waals surface area contributed by atoms with Crippen LogP contribution in [0.1, 0.15) is 5.89 Å². The summed E-state index contributed by atoms with van der Waals surface area (Å²) in [5, 5.41) is 11.6. The fourth-order valence-electron chi connectivity index (χ4n) is 3.30. The summed E-state index contributed by atoms with van der Waals surface area (Å²) < 4.78 is 5.37. The Labute approximate surface area is 179 Å². The van der Waals surface area contributed by atoms with E-state index in [4.69, 9.17) is 16.1 Å². The van der Waals surface area contributed by atoms with Crippen molar-refractivity contribution in [1.82, 2.24) is 20.4 Å². The monoisotopic (exact) mass is 430 g/mol. The first kappa shape index (κ1) is 19.7. The van der Waals surface area contributed by atoms with Gasteiger partial charge in [-0.1, -0.05) is 28.9 Å². The largest absolute Gasteiger partial charge is 0.360 e. The minimum Gasteiger partial charge on any atom is -0.360 e. The van der Waals surface area contributed by atoms with Gasteiger partial charge in [0.05, 0.1) is 5.00 Å². The third-order valence-corrected chi connectivity index (χ3v) is 5.95. The Morgan fingerprint density at radius 3 is 2.83 bits per heavy atom. The molecule has 4 rings (SSSR count). The average molecular weight is 431 g/mol. The van der Waals surface area contributed by atoms with Crippen LogP contribution in [0.25, 0.3) is 11.4 Å². The maximum Gasteiger partial charge on any atom is 0.228 e. The highest BCUT2D eigenvalue weighted by molar-refractivity contribution is 7.14. The van der Waals surface area contributed by atoms with Crippen LogP contribution in [0.5, 0.6) is 0 Å². The predicted molar refractivity (Wildman–Crippen MR) is 118 cm³/mol. The Hall–Kier alpha value is -2.58. The van der Waals surface area contributed by atoms with Gasteiger partial charge in [-0.2, -0.15) is 4.98 Å². The molecule has 1 fully saturated rings. The van der Waals surface area contributed by atoms with Crippen LogP contribution in [0.2, 0.25) is 5.02 Å². The molecule has 3 heterocycles. The zero-order valence-corrected chi connectivity index (χ0v) is 17.8. The van der Waals surface area contributed by atoms with E-state index >= 15 is 0 Å². The smallest absolute Gasteiger partial charge is 0.228 e. The molecule has 0 atom stereocenters. The van der Waals surface area contributed by atoms with Gasteiger partial charge in [0.25, 0.3) is 0 Å². The number of hydrogen-bond acceptors (Lipinski definition) is 6. The summed E-state index contributed by atoms with van der Waals surface area (Å²) in [6.45, 7) is 4.55. The molecule has 1 aromatic carbocycles. The Balaban J connectivity index is 1.27. The van der Waals surface area contributed by atoms with Crippen LogP contribution in [0.3, 0.4) is 0 Å². The first-order valence-corrected chi connectivity index (χ1v) is 10.8. The molecule has 29 heavy (non-hydrogen) atoms. The second-order valence-electron chi connectivity index (χ2n) is 6.67. The molecule has 1 saturated heterocycles. The summed E-state index contributed by atoms with van der Waals surface area (Å²) in [4.78, 5) is 13.6. The fourth-order valence-corrected chi connectivity index (χ4v) is 4.28. The number of aliphatic imine (C=N–C) groups is 1. The Morgan fingerprint density at radius 1 is 1.24 bits per heavy atom. The predicted octanol–water partition coefficient (Wildman–Crippen LogP) is 3.39. The number of hydrogen-bond donors (Lipinski definition) is 1. The van der Waals surface area contributed by atoms with Gasteiger partial charge < -0.3 is 19.6 Å². The van der Waals surface area contributed by atoms with Crippen molar-refractivity contribution >= 4 is 33.9 Å². The van der Waals surface area contributed by atoms with E-state index in [0.717, 1.165) is 37.7 Å². The minimum absolute atomic E-state index is 0.552. The van der Waals surface area contributed by atoms with Gasteiger partial charge in [0.2, 0.25) is 11.7 Å². The van der Waals surface area contributed by atoms with Gasteiger partial charge in [0.1, 0.15) is 0 Å². The molecule has 0 spiro atoms. The molecule has 1 aliphatic rings. The summed E-state index contributed by atoms with van der Waals surface area (Å²) in [6.07, 6.45) is 0.627. The van der Waals surface area contributed by atoms with Crippen molar-refractivity contribution < 1.29 is 4.52 Å². The Kier molecular flexibility index (Phi) is 6.31. The van der Waals surface area contributed by atoms with E-state index in [1.807, 2.05) is 31.3 Å². The molecule has 0 saturated carbocycles. The summed E-state index contributed by atoms with van der Waals surface area (Å²) in [5.74, 6) is 2.05. The van der Waals surface area contributed by atoms with Crippen LogP contribution < -0.4 is 10.2 Å². The number of halogens is 1. The number of rotatable bonds is 5. The van der Waals surface area contributed by atoms with Gasteiger partial charge in [0, 0.05) is 56.8 Å². The second-order valence-corrected chi connectivity index (χ2v) is 8.03. The highest BCUT2D eigenvalue weighted by Crippen LogP contribution is 2.22. The number of benzene rings is 1. The van der Waals surface area contributed by atoms with E-state index in [2.05, 4.69) is 47.8 Å². The van der Waals surface area contributed by atoms with E-state index in [1.54, 1.807) is 11.3 Å². The number of nitrogens with zero attached hydrogens (tertiary/aromatic N) is 5. The van der Waals surface area contributed by atoms with Crippen LogP contribution in [0, 0.1) is 0 Å². The maximum absolute atomic E-state index is 6.03. The van der Waals surface area contributed by atoms with Crippen molar-refractivity contribution in [2.75, 3.05) is 44.7 Å². The lowest BCUT2D eigenvalue weighted by Gasteiger charge is -2.37. The lowest BCUT2D eigenvalue weighted by atomic mass is 10.2. The van der Waals surface area contributed by atoms with E-state index in [0.29, 0.717) is 29.7 Å². The van der Waals surface area contributed by atoms with Gasteiger partial charge in [-0.15, -0.1) is 11.3 Å². The van der Waals surface area contributed by atoms with Gasteiger partial charge in [-0.05, 0) is 29.6 Å². The van der Waals surface area contributed by atoms with Crippen molar-refractivity contribution in [3.63, 3.8) is 0 Å². The second kappa shape index (κ2) is 9.28. The Bertz CT molecular complexity index is 950. The Morgan fingerprint density at radius 2 is 2.10 bits per heavy atom. The molecule has 0 radical (unpaired) electrons. The molecule has 0 bridgehead atoms. The van der Waals surface area contributed by atoms with E-state index in [9.17, 15) is 0 Å². The van der Waals surface area contributed by atoms with Crippen molar-refractivity contribution in [1.29, 1.82) is 0 Å². The molecule has 1 N–H and O–H groups in total. The van der Waals surface area contributed by atoms with Crippen LogP contribution >= 0.6 is 22.9 Å². The highest BCUT2D eigenvalue weighted by atomic mass is 35.5. The quantitative estimate of drug-likeness (QED) is 0.494. The number of guanidine groups is 1. The number of nitrogens with one attached hydrogen (secondary N) is 1. The lowest BCUT2D eigenvalue weighted by molar-refractivity contribution is 0.365. The van der Waals surface area contributed by atoms with Gasteiger partial charge >= 0.3 is 0 Å². The van der Waals surface area contributed by atoms with E-state index in [1.165, 1.54) is 5.00 Å². The van der Waals surface area contributed by atoms with Crippen molar-refractivity contribution in [2.24, 2.45) is 4.99 Å². The van der Waals surface area contributed by atoms with Gasteiger partial charge in [0.15, 0.2) is 5.96 Å². The average Bonchev–Trinajstić information content (AvgIpc) is 3.44. The zero-order valence-electron chi connectivity index (χ0n) is 16.2. The zero-order chi connectivity index (χ0) is 20.1. The molecule has 1 aliphatic heterocycles. The van der Waals surface area contributed by atoms with E-state index in [-0.39, 0.29) is 0 Å². The van der Waals surface area contributed by atoms with Crippen LogP contribution in [-0.4, -0.2) is 60.8 Å². The molecule has 9 heteroatoms. The summed E-state index contributed by atoms with van der Waals surface area (Å²) in [5.41, 5.74) is 0.847. The number of anilines is 1. The SMILES string of the molecule is CN=C(NCCc1nc(-c2cccc(Cl)c2)no1)N1CCN(c2cccs2)CC1. The fraction of sp³-hybridized carbons (Fsp3) is 0.350. The van der Waals surface area contributed by atoms with Crippen molar-refractivity contribution in [3.8, 4) is 11.4 Å². The first-order valence-electron chi connectivity index (χ1n) is 9.55. The molecule has 0 unspecified atom stereocenters. The molecule has 0 amide bonds. The molecular weight excluding hydrogens is 408 g/mol. The molecule has 0 aliphatic carbocycles. The highest BCUT2D eigenvalue weighted by Gasteiger charge is 2.20. The molecule has 3 aromatic rings. The third kappa shape index (κ3) is 4.89. The topological polar surface area (TPSA) is 69.8 Å². The molecular formula is C20H23ClN6OS. The molecule has 7 nitrogen and oxygen atoms in total. The van der Waals surface area contributed by atoms with Gasteiger partial charge in [-0.25, -0.2) is 0 Å². The number of thiophene rings is 1.